The maximum Gasteiger partial charge on any atom is 0.189 e. The second-order valence-corrected chi connectivity index (χ2v) is 5.69. The lowest BCUT2D eigenvalue weighted by Gasteiger charge is -2.20. The number of hydrogen-bond acceptors (Lipinski definition) is 4. The lowest BCUT2D eigenvalue weighted by Crippen LogP contribution is -2.36. The van der Waals surface area contributed by atoms with Crippen molar-refractivity contribution in [2.75, 3.05) is 19.7 Å². The third-order valence-electron chi connectivity index (χ3n) is 3.95. The lowest BCUT2D eigenvalue weighted by molar-refractivity contribution is -0.00587. The highest BCUT2D eigenvalue weighted by atomic mass is 19.1. The Kier molecular flexibility index (Phi) is 3.52. The van der Waals surface area contributed by atoms with Gasteiger partial charge in [-0.3, -0.25) is 9.69 Å². The van der Waals surface area contributed by atoms with Gasteiger partial charge in [-0.25, -0.2) is 4.39 Å². The van der Waals surface area contributed by atoms with Gasteiger partial charge >= 0.3 is 0 Å². The minimum atomic E-state index is -1.06. The predicted octanol–water partition coefficient (Wildman–Crippen LogP) is 0.596. The van der Waals surface area contributed by atoms with E-state index in [9.17, 15) is 14.3 Å². The Morgan fingerprint density at radius 1 is 1.38 bits per heavy atom. The minimum absolute atomic E-state index is 0.227. The average Bonchev–Trinajstić information content (AvgIpc) is 2.82. The van der Waals surface area contributed by atoms with Crippen LogP contribution in [0.4, 0.5) is 4.39 Å². The number of aromatic nitrogens is 1. The van der Waals surface area contributed by atoms with E-state index in [1.165, 1.54) is 18.2 Å². The first-order valence-electron chi connectivity index (χ1n) is 6.86. The fourth-order valence-corrected chi connectivity index (χ4v) is 2.81. The molecule has 1 aliphatic heterocycles. The van der Waals surface area contributed by atoms with E-state index in [1.54, 1.807) is 6.07 Å². The number of H-pyrrole nitrogens is 1. The monoisotopic (exact) mass is 292 g/mol. The number of aliphatic hydroxyl groups is 2. The molecule has 0 spiro atoms. The van der Waals surface area contributed by atoms with Crippen molar-refractivity contribution in [3.05, 3.63) is 46.0 Å². The fraction of sp³-hybridized carbons (Fsp3) is 0.400. The largest absolute Gasteiger partial charge is 0.393 e. The number of rotatable bonds is 3. The molecule has 1 aliphatic rings. The summed E-state index contributed by atoms with van der Waals surface area (Å²) in [5.41, 5.74) is 0.0203. The van der Waals surface area contributed by atoms with Crippen LogP contribution in [-0.4, -0.2) is 45.4 Å². The van der Waals surface area contributed by atoms with Gasteiger partial charge in [0.05, 0.1) is 6.61 Å². The van der Waals surface area contributed by atoms with Gasteiger partial charge in [-0.1, -0.05) is 0 Å². The first-order chi connectivity index (χ1) is 9.99. The molecule has 1 aromatic carbocycles. The maximum absolute atomic E-state index is 13.2. The molecular formula is C15H17FN2O3. The number of nitrogens with one attached hydrogen (secondary N) is 1. The lowest BCUT2D eigenvalue weighted by atomic mass is 10.1. The van der Waals surface area contributed by atoms with Gasteiger partial charge in [0.1, 0.15) is 11.4 Å². The maximum atomic E-state index is 13.2. The summed E-state index contributed by atoms with van der Waals surface area (Å²) in [5, 5.41) is 19.5. The zero-order chi connectivity index (χ0) is 15.0. The third-order valence-corrected chi connectivity index (χ3v) is 3.95. The smallest absolute Gasteiger partial charge is 0.189 e. The summed E-state index contributed by atoms with van der Waals surface area (Å²) >= 11 is 0. The van der Waals surface area contributed by atoms with Crippen LogP contribution in [0.1, 0.15) is 12.1 Å². The molecule has 0 amide bonds. The molecule has 0 radical (unpaired) electrons. The Labute approximate surface area is 120 Å². The number of fused-ring (bicyclic) bond motifs is 1. The van der Waals surface area contributed by atoms with Crippen LogP contribution in [0, 0.1) is 5.82 Å². The summed E-state index contributed by atoms with van der Waals surface area (Å²) in [6, 6.07) is 5.53. The molecule has 0 aliphatic carbocycles. The summed E-state index contributed by atoms with van der Waals surface area (Å²) < 4.78 is 13.2. The number of nitrogens with zero attached hydrogens (tertiary/aromatic N) is 1. The number of aliphatic hydroxyl groups excluding tert-OH is 1. The molecule has 1 atom stereocenters. The number of likely N-dealkylation sites (tertiary alicyclic amines) is 1. The van der Waals surface area contributed by atoms with E-state index >= 15 is 0 Å². The van der Waals surface area contributed by atoms with Crippen LogP contribution in [-0.2, 0) is 6.54 Å². The normalized spacial score (nSPS) is 23.0. The molecule has 3 N–H and O–H groups in total. The van der Waals surface area contributed by atoms with Crippen molar-refractivity contribution in [3.63, 3.8) is 0 Å². The van der Waals surface area contributed by atoms with E-state index in [0.717, 1.165) is 0 Å². The number of halogens is 1. The molecule has 2 aromatic rings. The molecule has 0 saturated carbocycles. The summed E-state index contributed by atoms with van der Waals surface area (Å²) in [6.45, 7) is 1.23. The molecule has 3 rings (SSSR count). The molecule has 21 heavy (non-hydrogen) atoms. The first-order valence-corrected chi connectivity index (χ1v) is 6.86. The van der Waals surface area contributed by atoms with Crippen molar-refractivity contribution in [1.29, 1.82) is 0 Å². The van der Waals surface area contributed by atoms with Crippen LogP contribution in [0.15, 0.2) is 29.1 Å². The SMILES string of the molecule is O=c1cc(CN2CC[C@@](O)(CO)C2)[nH]c2ccc(F)cc12. The predicted molar refractivity (Wildman–Crippen MR) is 76.5 cm³/mol. The van der Waals surface area contributed by atoms with Gasteiger partial charge < -0.3 is 15.2 Å². The fourth-order valence-electron chi connectivity index (χ4n) is 2.81. The van der Waals surface area contributed by atoms with Crippen LogP contribution in [0.2, 0.25) is 0 Å². The molecule has 6 heteroatoms. The highest BCUT2D eigenvalue weighted by Crippen LogP contribution is 2.22. The highest BCUT2D eigenvalue weighted by Gasteiger charge is 2.35. The Balaban J connectivity index is 1.86. The van der Waals surface area contributed by atoms with Gasteiger partial charge in [0.25, 0.3) is 0 Å². The summed E-state index contributed by atoms with van der Waals surface area (Å²) in [4.78, 5) is 17.1. The topological polar surface area (TPSA) is 76.6 Å². The summed E-state index contributed by atoms with van der Waals surface area (Å²) in [5.74, 6) is -0.437. The first kappa shape index (κ1) is 14.2. The molecule has 112 valence electrons. The Morgan fingerprint density at radius 2 is 2.19 bits per heavy atom. The van der Waals surface area contributed by atoms with Gasteiger partial charge in [-0.05, 0) is 24.6 Å². The molecule has 0 unspecified atom stereocenters. The Bertz CT molecular complexity index is 730. The molecule has 2 heterocycles. The van der Waals surface area contributed by atoms with Gasteiger partial charge in [0.2, 0.25) is 0 Å². The molecule has 5 nitrogen and oxygen atoms in total. The highest BCUT2D eigenvalue weighted by molar-refractivity contribution is 5.78. The second-order valence-electron chi connectivity index (χ2n) is 5.69. The van der Waals surface area contributed by atoms with Gasteiger partial charge in [-0.15, -0.1) is 0 Å². The van der Waals surface area contributed by atoms with E-state index in [-0.39, 0.29) is 12.0 Å². The quantitative estimate of drug-likeness (QED) is 0.774. The van der Waals surface area contributed by atoms with Crippen LogP contribution in [0.25, 0.3) is 10.9 Å². The van der Waals surface area contributed by atoms with Crippen LogP contribution in [0.5, 0.6) is 0 Å². The Hall–Kier alpha value is -1.76. The van der Waals surface area contributed by atoms with Gasteiger partial charge in [0.15, 0.2) is 5.43 Å². The minimum Gasteiger partial charge on any atom is -0.393 e. The molecule has 1 aromatic heterocycles. The van der Waals surface area contributed by atoms with Crippen LogP contribution < -0.4 is 5.43 Å². The number of pyridine rings is 1. The number of β-amino-alcohol motifs (C(OH)–C–C–N with tert-alkyl or cyclic N) is 1. The van der Waals surface area contributed by atoms with Crippen molar-refractivity contribution in [2.45, 2.75) is 18.6 Å². The van der Waals surface area contributed by atoms with E-state index < -0.39 is 11.4 Å². The number of hydrogen-bond donors (Lipinski definition) is 3. The molecular weight excluding hydrogens is 275 g/mol. The van der Waals surface area contributed by atoms with E-state index in [0.29, 0.717) is 42.7 Å². The van der Waals surface area contributed by atoms with Crippen LogP contribution in [0.3, 0.4) is 0 Å². The van der Waals surface area contributed by atoms with E-state index in [1.807, 2.05) is 4.90 Å². The number of benzene rings is 1. The number of aromatic amines is 1. The van der Waals surface area contributed by atoms with Gasteiger partial charge in [0, 0.05) is 42.3 Å². The van der Waals surface area contributed by atoms with E-state index in [2.05, 4.69) is 4.98 Å². The zero-order valence-electron chi connectivity index (χ0n) is 11.5. The zero-order valence-corrected chi connectivity index (χ0v) is 11.5. The molecule has 1 saturated heterocycles. The summed E-state index contributed by atoms with van der Waals surface area (Å²) in [7, 11) is 0. The van der Waals surface area contributed by atoms with Crippen molar-refractivity contribution >= 4 is 10.9 Å². The standard InChI is InChI=1S/C15H17FN2O3/c16-10-1-2-13-12(5-10)14(20)6-11(17-13)7-18-4-3-15(21,8-18)9-19/h1-2,5-6,19,21H,3-4,7-9H2,(H,17,20)/t15-/m0/s1. The van der Waals surface area contributed by atoms with E-state index in [4.69, 9.17) is 5.11 Å². The Morgan fingerprint density at radius 3 is 2.90 bits per heavy atom. The molecule has 1 fully saturated rings. The third kappa shape index (κ3) is 2.83. The summed E-state index contributed by atoms with van der Waals surface area (Å²) in [6.07, 6.45) is 0.506. The van der Waals surface area contributed by atoms with Crippen molar-refractivity contribution < 1.29 is 14.6 Å². The average molecular weight is 292 g/mol. The van der Waals surface area contributed by atoms with Crippen molar-refractivity contribution in [1.82, 2.24) is 9.88 Å². The van der Waals surface area contributed by atoms with Gasteiger partial charge in [-0.2, -0.15) is 0 Å². The molecule has 0 bridgehead atoms. The van der Waals surface area contributed by atoms with Crippen molar-refractivity contribution in [3.8, 4) is 0 Å². The van der Waals surface area contributed by atoms with Crippen LogP contribution >= 0.6 is 0 Å². The second kappa shape index (κ2) is 5.22. The van der Waals surface area contributed by atoms with Crippen molar-refractivity contribution in [2.24, 2.45) is 0 Å².